The summed E-state index contributed by atoms with van der Waals surface area (Å²) in [6, 6.07) is 0.243. The molecule has 12 heavy (non-hydrogen) atoms. The van der Waals surface area contributed by atoms with Gasteiger partial charge in [0.05, 0.1) is 6.04 Å². The highest BCUT2D eigenvalue weighted by molar-refractivity contribution is 5.93. The van der Waals surface area contributed by atoms with E-state index in [0.717, 1.165) is 19.4 Å². The minimum absolute atomic E-state index is 0.0960. The highest BCUT2D eigenvalue weighted by atomic mass is 16.5. The zero-order valence-corrected chi connectivity index (χ0v) is 7.59. The zero-order valence-electron chi connectivity index (χ0n) is 7.59. The molecular formula is C9H15NO2. The standard InChI is InChI=1S/C9H15NO2/c1-6(2)7-9(8(11)10-7)4-3-5-12-9/h6-7H,3-5H2,1-2H3,(H,10,11)/t7-,9+/m1/s1. The fraction of sp³-hybridized carbons (Fsp3) is 0.889. The molecule has 2 saturated heterocycles. The van der Waals surface area contributed by atoms with Crippen LogP contribution in [0.3, 0.4) is 0 Å². The van der Waals surface area contributed by atoms with Gasteiger partial charge in [0.2, 0.25) is 0 Å². The average Bonchev–Trinajstić information content (AvgIpc) is 2.49. The second-order valence-corrected chi connectivity index (χ2v) is 4.04. The molecule has 2 heterocycles. The molecular weight excluding hydrogens is 154 g/mol. The minimum atomic E-state index is -0.436. The Morgan fingerprint density at radius 3 is 2.83 bits per heavy atom. The fourth-order valence-corrected chi connectivity index (χ4v) is 2.23. The highest BCUT2D eigenvalue weighted by Gasteiger charge is 2.58. The second-order valence-electron chi connectivity index (χ2n) is 4.04. The van der Waals surface area contributed by atoms with Crippen LogP contribution < -0.4 is 5.32 Å². The lowest BCUT2D eigenvalue weighted by Crippen LogP contribution is -2.73. The number of amides is 1. The normalized spacial score (nSPS) is 40.2. The molecule has 0 aromatic carbocycles. The van der Waals surface area contributed by atoms with Gasteiger partial charge in [0.25, 0.3) is 5.91 Å². The molecule has 2 rings (SSSR count). The van der Waals surface area contributed by atoms with Crippen molar-refractivity contribution in [2.24, 2.45) is 5.92 Å². The number of β-lactam (4-membered cyclic amide) rings is 1. The number of carbonyl (C=O) groups is 1. The topological polar surface area (TPSA) is 38.3 Å². The summed E-state index contributed by atoms with van der Waals surface area (Å²) in [6.07, 6.45) is 1.93. The number of hydrogen-bond acceptors (Lipinski definition) is 2. The first-order valence-corrected chi connectivity index (χ1v) is 4.62. The summed E-state index contributed by atoms with van der Waals surface area (Å²) in [5.41, 5.74) is -0.436. The van der Waals surface area contributed by atoms with Crippen molar-refractivity contribution in [1.29, 1.82) is 0 Å². The Kier molecular flexibility index (Phi) is 1.65. The molecule has 0 unspecified atom stereocenters. The summed E-state index contributed by atoms with van der Waals surface area (Å²) in [5, 5.41) is 2.91. The molecule has 2 fully saturated rings. The predicted molar refractivity (Wildman–Crippen MR) is 44.7 cm³/mol. The third-order valence-corrected chi connectivity index (χ3v) is 2.89. The van der Waals surface area contributed by atoms with E-state index >= 15 is 0 Å². The van der Waals surface area contributed by atoms with Crippen LogP contribution in [-0.2, 0) is 9.53 Å². The number of carbonyl (C=O) groups excluding carboxylic acids is 1. The van der Waals surface area contributed by atoms with E-state index in [2.05, 4.69) is 19.2 Å². The monoisotopic (exact) mass is 169 g/mol. The van der Waals surface area contributed by atoms with Crippen LogP contribution in [0.5, 0.6) is 0 Å². The van der Waals surface area contributed by atoms with Crippen molar-refractivity contribution in [3.63, 3.8) is 0 Å². The fourth-order valence-electron chi connectivity index (χ4n) is 2.23. The largest absolute Gasteiger partial charge is 0.363 e. The van der Waals surface area contributed by atoms with Crippen LogP contribution in [0.2, 0.25) is 0 Å². The summed E-state index contributed by atoms with van der Waals surface area (Å²) >= 11 is 0. The first kappa shape index (κ1) is 8.05. The molecule has 3 nitrogen and oxygen atoms in total. The Hall–Kier alpha value is -0.570. The van der Waals surface area contributed by atoms with E-state index in [0.29, 0.717) is 5.92 Å². The van der Waals surface area contributed by atoms with Crippen LogP contribution in [0.25, 0.3) is 0 Å². The second kappa shape index (κ2) is 2.46. The van der Waals surface area contributed by atoms with Crippen molar-refractivity contribution >= 4 is 5.91 Å². The van der Waals surface area contributed by atoms with Crippen molar-refractivity contribution in [3.8, 4) is 0 Å². The van der Waals surface area contributed by atoms with E-state index in [-0.39, 0.29) is 11.9 Å². The Morgan fingerprint density at radius 2 is 2.42 bits per heavy atom. The van der Waals surface area contributed by atoms with Gasteiger partial charge in [-0.25, -0.2) is 0 Å². The van der Waals surface area contributed by atoms with Crippen LogP contribution in [-0.4, -0.2) is 24.2 Å². The van der Waals surface area contributed by atoms with Crippen LogP contribution in [0.1, 0.15) is 26.7 Å². The van der Waals surface area contributed by atoms with Crippen LogP contribution in [0, 0.1) is 5.92 Å². The Labute approximate surface area is 72.5 Å². The zero-order chi connectivity index (χ0) is 8.77. The lowest BCUT2D eigenvalue weighted by atomic mass is 9.76. The van der Waals surface area contributed by atoms with Crippen molar-refractivity contribution in [2.75, 3.05) is 6.61 Å². The molecule has 68 valence electrons. The molecule has 0 aromatic heterocycles. The van der Waals surface area contributed by atoms with Crippen molar-refractivity contribution in [1.82, 2.24) is 5.32 Å². The maximum absolute atomic E-state index is 11.3. The third kappa shape index (κ3) is 0.829. The summed E-state index contributed by atoms with van der Waals surface area (Å²) in [6.45, 7) is 4.98. The summed E-state index contributed by atoms with van der Waals surface area (Å²) in [4.78, 5) is 11.3. The first-order chi connectivity index (χ1) is 5.67. The molecule has 1 N–H and O–H groups in total. The smallest absolute Gasteiger partial charge is 0.254 e. The molecule has 1 spiro atoms. The van der Waals surface area contributed by atoms with Gasteiger partial charge in [0.15, 0.2) is 5.60 Å². The van der Waals surface area contributed by atoms with Gasteiger partial charge in [-0.1, -0.05) is 13.8 Å². The molecule has 2 aliphatic heterocycles. The number of nitrogens with one attached hydrogen (secondary N) is 1. The van der Waals surface area contributed by atoms with Gasteiger partial charge in [0, 0.05) is 6.61 Å². The lowest BCUT2D eigenvalue weighted by Gasteiger charge is -2.47. The molecule has 2 aliphatic rings. The number of hydrogen-bond donors (Lipinski definition) is 1. The molecule has 0 radical (unpaired) electrons. The summed E-state index contributed by atoms with van der Waals surface area (Å²) < 4.78 is 5.55. The number of ether oxygens (including phenoxy) is 1. The van der Waals surface area contributed by atoms with Gasteiger partial charge in [-0.3, -0.25) is 4.79 Å². The van der Waals surface area contributed by atoms with E-state index < -0.39 is 5.60 Å². The molecule has 0 aliphatic carbocycles. The predicted octanol–water partition coefficient (Wildman–Crippen LogP) is 0.690. The van der Waals surface area contributed by atoms with Gasteiger partial charge >= 0.3 is 0 Å². The number of rotatable bonds is 1. The Balaban J connectivity index is 2.15. The van der Waals surface area contributed by atoms with E-state index in [1.165, 1.54) is 0 Å². The average molecular weight is 169 g/mol. The van der Waals surface area contributed by atoms with Crippen LogP contribution >= 0.6 is 0 Å². The van der Waals surface area contributed by atoms with Crippen LogP contribution in [0.4, 0.5) is 0 Å². The molecule has 2 atom stereocenters. The lowest BCUT2D eigenvalue weighted by molar-refractivity contribution is -0.166. The highest BCUT2D eigenvalue weighted by Crippen LogP contribution is 2.38. The summed E-state index contributed by atoms with van der Waals surface area (Å²) in [7, 11) is 0. The first-order valence-electron chi connectivity index (χ1n) is 4.62. The Bertz CT molecular complexity index is 207. The van der Waals surface area contributed by atoms with E-state index in [1.54, 1.807) is 0 Å². The van der Waals surface area contributed by atoms with Crippen molar-refractivity contribution in [2.45, 2.75) is 38.3 Å². The quantitative estimate of drug-likeness (QED) is 0.586. The van der Waals surface area contributed by atoms with Gasteiger partial charge in [0.1, 0.15) is 0 Å². The van der Waals surface area contributed by atoms with Gasteiger partial charge in [-0.15, -0.1) is 0 Å². The minimum Gasteiger partial charge on any atom is -0.363 e. The van der Waals surface area contributed by atoms with Gasteiger partial charge in [-0.05, 0) is 18.8 Å². The van der Waals surface area contributed by atoms with Crippen molar-refractivity contribution < 1.29 is 9.53 Å². The molecule has 0 aromatic rings. The van der Waals surface area contributed by atoms with Gasteiger partial charge in [-0.2, -0.15) is 0 Å². The van der Waals surface area contributed by atoms with E-state index in [4.69, 9.17) is 4.74 Å². The molecule has 0 saturated carbocycles. The van der Waals surface area contributed by atoms with Gasteiger partial charge < -0.3 is 10.1 Å². The molecule has 1 amide bonds. The van der Waals surface area contributed by atoms with E-state index in [1.807, 2.05) is 0 Å². The SMILES string of the molecule is CC(C)[C@H]1NC(=O)[C@]12CCCO2. The molecule has 0 bridgehead atoms. The van der Waals surface area contributed by atoms with Crippen molar-refractivity contribution in [3.05, 3.63) is 0 Å². The maximum Gasteiger partial charge on any atom is 0.254 e. The Morgan fingerprint density at radius 1 is 1.67 bits per heavy atom. The summed E-state index contributed by atoms with van der Waals surface area (Å²) in [5.74, 6) is 0.569. The maximum atomic E-state index is 11.3. The van der Waals surface area contributed by atoms with E-state index in [9.17, 15) is 4.79 Å². The van der Waals surface area contributed by atoms with Crippen LogP contribution in [0.15, 0.2) is 0 Å². The third-order valence-electron chi connectivity index (χ3n) is 2.89. The molecule has 3 heteroatoms.